The molecule has 0 aliphatic rings. The number of carbonyl (C=O) groups is 1. The predicted molar refractivity (Wildman–Crippen MR) is 72.1 cm³/mol. The van der Waals surface area contributed by atoms with Crippen molar-refractivity contribution in [2.75, 3.05) is 13.2 Å². The van der Waals surface area contributed by atoms with Crippen LogP contribution in [0.4, 0.5) is 0 Å². The maximum absolute atomic E-state index is 11.5. The van der Waals surface area contributed by atoms with Crippen LogP contribution < -0.4 is 15.8 Å². The summed E-state index contributed by atoms with van der Waals surface area (Å²) in [6.45, 7) is 2.41. The first kappa shape index (κ1) is 14.8. The van der Waals surface area contributed by atoms with Gasteiger partial charge in [-0.15, -0.1) is 0 Å². The highest BCUT2D eigenvalue weighted by molar-refractivity contribution is 5.83. The molecule has 1 aromatic rings. The van der Waals surface area contributed by atoms with Crippen molar-refractivity contribution in [3.63, 3.8) is 0 Å². The summed E-state index contributed by atoms with van der Waals surface area (Å²) < 4.78 is 5.40. The molecule has 1 unspecified atom stereocenters. The van der Waals surface area contributed by atoms with Crippen molar-refractivity contribution in [3.05, 3.63) is 30.3 Å². The lowest BCUT2D eigenvalue weighted by molar-refractivity contribution is -0.121. The van der Waals surface area contributed by atoms with Gasteiger partial charge in [0.05, 0.1) is 13.0 Å². The molecule has 19 heavy (non-hydrogen) atoms. The summed E-state index contributed by atoms with van der Waals surface area (Å²) in [5, 5.41) is 14.0. The summed E-state index contributed by atoms with van der Waals surface area (Å²) in [6.07, 6.45) is 0.262. The molecule has 0 saturated heterocycles. The Labute approximate surface area is 112 Å². The lowest BCUT2D eigenvalue weighted by atomic mass is 10.1. The van der Waals surface area contributed by atoms with Crippen LogP contribution in [-0.2, 0) is 4.79 Å². The van der Waals surface area contributed by atoms with Gasteiger partial charge in [0.1, 0.15) is 11.6 Å². The van der Waals surface area contributed by atoms with Crippen LogP contribution in [0.2, 0.25) is 0 Å². The van der Waals surface area contributed by atoms with E-state index in [9.17, 15) is 4.79 Å². The van der Waals surface area contributed by atoms with E-state index in [2.05, 4.69) is 10.5 Å². The Morgan fingerprint density at radius 3 is 2.79 bits per heavy atom. The normalized spacial score (nSPS) is 12.8. The summed E-state index contributed by atoms with van der Waals surface area (Å²) in [6, 6.07) is 9.30. The average molecular weight is 265 g/mol. The van der Waals surface area contributed by atoms with Crippen molar-refractivity contribution in [1.29, 1.82) is 0 Å². The van der Waals surface area contributed by atoms with Gasteiger partial charge in [-0.05, 0) is 12.1 Å². The molecule has 0 radical (unpaired) electrons. The molecule has 1 amide bonds. The minimum atomic E-state index is -0.205. The zero-order valence-electron chi connectivity index (χ0n) is 10.9. The number of ether oxygens (including phenoxy) is 1. The van der Waals surface area contributed by atoms with Crippen LogP contribution in [0.1, 0.15) is 13.3 Å². The number of amides is 1. The second kappa shape index (κ2) is 7.97. The fourth-order valence-corrected chi connectivity index (χ4v) is 1.34. The van der Waals surface area contributed by atoms with Gasteiger partial charge in [0.25, 0.3) is 0 Å². The number of carbonyl (C=O) groups excluding carboxylic acids is 1. The Kier molecular flexibility index (Phi) is 6.21. The molecule has 1 aromatic carbocycles. The molecule has 104 valence electrons. The molecule has 0 spiro atoms. The van der Waals surface area contributed by atoms with E-state index in [0.717, 1.165) is 5.75 Å². The molecule has 0 aromatic heterocycles. The van der Waals surface area contributed by atoms with Gasteiger partial charge in [0.15, 0.2) is 0 Å². The second-order valence-corrected chi connectivity index (χ2v) is 4.14. The molecule has 0 aliphatic heterocycles. The van der Waals surface area contributed by atoms with E-state index >= 15 is 0 Å². The first-order valence-electron chi connectivity index (χ1n) is 6.05. The highest BCUT2D eigenvalue weighted by Crippen LogP contribution is 2.08. The number of nitrogens with one attached hydrogen (secondary N) is 1. The fraction of sp³-hybridized carbons (Fsp3) is 0.385. The van der Waals surface area contributed by atoms with Crippen LogP contribution in [-0.4, -0.2) is 30.1 Å². The van der Waals surface area contributed by atoms with Gasteiger partial charge < -0.3 is 21.0 Å². The molecule has 6 nitrogen and oxygen atoms in total. The predicted octanol–water partition coefficient (Wildman–Crippen LogP) is 0.954. The minimum Gasteiger partial charge on any atom is -0.493 e. The van der Waals surface area contributed by atoms with Gasteiger partial charge in [-0.3, -0.25) is 4.79 Å². The van der Waals surface area contributed by atoms with E-state index in [1.165, 1.54) is 0 Å². The van der Waals surface area contributed by atoms with Crippen molar-refractivity contribution in [1.82, 2.24) is 5.32 Å². The van der Waals surface area contributed by atoms with Gasteiger partial charge >= 0.3 is 0 Å². The molecule has 6 heteroatoms. The third kappa shape index (κ3) is 5.76. The highest BCUT2D eigenvalue weighted by atomic mass is 16.5. The maximum atomic E-state index is 11.5. The van der Waals surface area contributed by atoms with Gasteiger partial charge in [-0.1, -0.05) is 30.3 Å². The molecule has 1 rings (SSSR count). The van der Waals surface area contributed by atoms with Crippen molar-refractivity contribution in [3.8, 4) is 5.75 Å². The Morgan fingerprint density at radius 1 is 1.47 bits per heavy atom. The monoisotopic (exact) mass is 265 g/mol. The number of nitrogens with two attached hydrogens (primary N) is 1. The highest BCUT2D eigenvalue weighted by Gasteiger charge is 2.09. The third-order valence-corrected chi connectivity index (χ3v) is 2.57. The Balaban J connectivity index is 2.18. The zero-order chi connectivity index (χ0) is 14.1. The van der Waals surface area contributed by atoms with E-state index in [-0.39, 0.29) is 24.1 Å². The molecule has 4 N–H and O–H groups in total. The topological polar surface area (TPSA) is 96.9 Å². The summed E-state index contributed by atoms with van der Waals surface area (Å²) in [5.41, 5.74) is 5.40. The Morgan fingerprint density at radius 2 is 2.16 bits per heavy atom. The smallest absolute Gasteiger partial charge is 0.223 e. The molecule has 0 bridgehead atoms. The SMILES string of the molecule is CC(CNC(=O)CCOc1ccccc1)C(N)=NO. The Hall–Kier alpha value is -2.24. The van der Waals surface area contributed by atoms with Gasteiger partial charge in [-0.25, -0.2) is 0 Å². The second-order valence-electron chi connectivity index (χ2n) is 4.14. The number of nitrogens with zero attached hydrogens (tertiary/aromatic N) is 1. The molecular formula is C13H19N3O3. The number of benzene rings is 1. The van der Waals surface area contributed by atoms with Crippen LogP contribution in [0, 0.1) is 5.92 Å². The molecule has 0 heterocycles. The third-order valence-electron chi connectivity index (χ3n) is 2.57. The van der Waals surface area contributed by atoms with Gasteiger partial charge in [0, 0.05) is 12.5 Å². The van der Waals surface area contributed by atoms with Crippen LogP contribution in [0.25, 0.3) is 0 Å². The van der Waals surface area contributed by atoms with E-state index in [1.54, 1.807) is 6.92 Å². The van der Waals surface area contributed by atoms with Crippen molar-refractivity contribution in [2.24, 2.45) is 16.8 Å². The van der Waals surface area contributed by atoms with Gasteiger partial charge in [-0.2, -0.15) is 0 Å². The molecular weight excluding hydrogens is 246 g/mol. The molecule has 1 atom stereocenters. The number of oxime groups is 1. The van der Waals surface area contributed by atoms with Crippen LogP contribution >= 0.6 is 0 Å². The molecule has 0 fully saturated rings. The van der Waals surface area contributed by atoms with E-state index in [1.807, 2.05) is 30.3 Å². The van der Waals surface area contributed by atoms with Crippen molar-refractivity contribution in [2.45, 2.75) is 13.3 Å². The lowest BCUT2D eigenvalue weighted by Gasteiger charge is -2.11. The Bertz CT molecular complexity index is 420. The fourth-order valence-electron chi connectivity index (χ4n) is 1.34. The van der Waals surface area contributed by atoms with Crippen molar-refractivity contribution < 1.29 is 14.7 Å². The van der Waals surface area contributed by atoms with Crippen molar-refractivity contribution >= 4 is 11.7 Å². The number of para-hydroxylation sites is 1. The molecule has 0 aliphatic carbocycles. The minimum absolute atomic E-state index is 0.0980. The number of hydrogen-bond donors (Lipinski definition) is 3. The van der Waals surface area contributed by atoms with E-state index < -0.39 is 0 Å². The van der Waals surface area contributed by atoms with Crippen LogP contribution in [0.3, 0.4) is 0 Å². The summed E-state index contributed by atoms with van der Waals surface area (Å²) in [5.74, 6) is 0.499. The largest absolute Gasteiger partial charge is 0.493 e. The van der Waals surface area contributed by atoms with E-state index in [4.69, 9.17) is 15.7 Å². The number of amidine groups is 1. The maximum Gasteiger partial charge on any atom is 0.223 e. The quantitative estimate of drug-likeness (QED) is 0.296. The van der Waals surface area contributed by atoms with Gasteiger partial charge in [0.2, 0.25) is 5.91 Å². The van der Waals surface area contributed by atoms with Crippen LogP contribution in [0.15, 0.2) is 35.5 Å². The zero-order valence-corrected chi connectivity index (χ0v) is 10.9. The first-order chi connectivity index (χ1) is 9.13. The standard InChI is InChI=1S/C13H19N3O3/c1-10(13(14)16-18)9-15-12(17)7-8-19-11-5-3-2-4-6-11/h2-6,10,18H,7-9H2,1H3,(H2,14,16)(H,15,17). The average Bonchev–Trinajstić information content (AvgIpc) is 2.45. The molecule has 0 saturated carbocycles. The number of hydrogen-bond acceptors (Lipinski definition) is 4. The lowest BCUT2D eigenvalue weighted by Crippen LogP contribution is -2.35. The first-order valence-corrected chi connectivity index (χ1v) is 6.05. The van der Waals surface area contributed by atoms with E-state index in [0.29, 0.717) is 13.2 Å². The number of rotatable bonds is 7. The van der Waals surface area contributed by atoms with Crippen LogP contribution in [0.5, 0.6) is 5.75 Å². The summed E-state index contributed by atoms with van der Waals surface area (Å²) in [7, 11) is 0. The summed E-state index contributed by atoms with van der Waals surface area (Å²) >= 11 is 0. The summed E-state index contributed by atoms with van der Waals surface area (Å²) in [4.78, 5) is 11.5.